The van der Waals surface area contributed by atoms with Gasteiger partial charge in [-0.05, 0) is 127 Å². The molecule has 0 spiro atoms. The molecule has 9 rings (SSSR count). The maximum absolute atomic E-state index is 12.8. The van der Waals surface area contributed by atoms with E-state index in [0.717, 1.165) is 125 Å². The van der Waals surface area contributed by atoms with E-state index in [-0.39, 0.29) is 23.8 Å². The highest BCUT2D eigenvalue weighted by atomic mass is 16.5. The van der Waals surface area contributed by atoms with Crippen molar-refractivity contribution in [3.63, 3.8) is 0 Å². The Bertz CT molecular complexity index is 2340. The van der Waals surface area contributed by atoms with E-state index in [1.165, 1.54) is 0 Å². The van der Waals surface area contributed by atoms with E-state index in [2.05, 4.69) is 54.3 Å². The van der Waals surface area contributed by atoms with Crippen molar-refractivity contribution < 1.29 is 32.9 Å². The molecule has 324 valence electrons. The quantitative estimate of drug-likeness (QED) is 0.107. The zero-order valence-electron chi connectivity index (χ0n) is 36.1. The van der Waals surface area contributed by atoms with Gasteiger partial charge in [0.2, 0.25) is 17.7 Å². The van der Waals surface area contributed by atoms with Gasteiger partial charge in [0, 0.05) is 50.3 Å². The van der Waals surface area contributed by atoms with E-state index in [9.17, 15) is 14.4 Å². The molecule has 15 nitrogen and oxygen atoms in total. The number of hydrogen-bond acceptors (Lipinski definition) is 11. The van der Waals surface area contributed by atoms with Crippen molar-refractivity contribution in [1.29, 1.82) is 0 Å². The van der Waals surface area contributed by atoms with Gasteiger partial charge in [-0.2, -0.15) is 0 Å². The zero-order valence-corrected chi connectivity index (χ0v) is 36.1. The fourth-order valence-electron chi connectivity index (χ4n) is 9.66. The number of hydrogen-bond donors (Lipinski definition) is 4. The van der Waals surface area contributed by atoms with Gasteiger partial charge in [-0.1, -0.05) is 22.4 Å². The molecule has 15 heteroatoms. The minimum atomic E-state index is -0.500. The number of methoxy groups -OCH3 is 2. The Morgan fingerprint density at radius 2 is 1.31 bits per heavy atom. The molecule has 0 unspecified atom stereocenters. The summed E-state index contributed by atoms with van der Waals surface area (Å²) in [6.07, 6.45) is 11.2. The van der Waals surface area contributed by atoms with E-state index in [0.29, 0.717) is 49.2 Å². The molecule has 2 aliphatic heterocycles. The lowest BCUT2D eigenvalue weighted by atomic mass is 9.92. The molecule has 5 aromatic rings. The Morgan fingerprint density at radius 3 is 1.87 bits per heavy atom. The molecule has 5 heterocycles. The summed E-state index contributed by atoms with van der Waals surface area (Å²) in [5.74, 6) is 2.35. The van der Waals surface area contributed by atoms with Gasteiger partial charge in [0.1, 0.15) is 23.4 Å². The number of ether oxygens (including phenoxy) is 2. The van der Waals surface area contributed by atoms with Gasteiger partial charge in [-0.25, -0.2) is 4.98 Å². The molecule has 2 saturated heterocycles. The van der Waals surface area contributed by atoms with Crippen molar-refractivity contribution in [1.82, 2.24) is 30.5 Å². The lowest BCUT2D eigenvalue weighted by Crippen LogP contribution is -2.37. The molecule has 4 N–H and O–H groups in total. The van der Waals surface area contributed by atoms with Crippen LogP contribution in [0.3, 0.4) is 0 Å². The predicted molar refractivity (Wildman–Crippen MR) is 231 cm³/mol. The second-order valence-corrected chi connectivity index (χ2v) is 17.0. The van der Waals surface area contributed by atoms with E-state index < -0.39 is 6.04 Å². The van der Waals surface area contributed by atoms with Crippen LogP contribution < -0.4 is 21.3 Å². The van der Waals surface area contributed by atoms with Gasteiger partial charge in [0.25, 0.3) is 0 Å². The number of fused-ring (bicyclic) bond motifs is 1. The third kappa shape index (κ3) is 9.08. The maximum atomic E-state index is 12.8. The molecule has 61 heavy (non-hydrogen) atoms. The highest BCUT2D eigenvalue weighted by Gasteiger charge is 2.33. The number of aromatic nitrogens is 4. The first kappa shape index (κ1) is 42.2. The molecule has 3 amide bonds. The standard InChI is InChI=1S/C23H30N4O4.C23H28N4O3/c1-13-22(14(2)31-27-13)15-4-9-18(24-16-5-7-17(30-3)8-6-16)20(12-15)26-23(29)19-10-11-21(28)25-19;1-13-22(14(2)30-26-13)15-4-10-20-19(12-15)25-23(18-9-11-21(28)24-18)27(20)16-5-7-17(29-3)8-6-16/h4,9,12,16-17,19,24H,5-8,10-11H2,1-3H3,(H,25,28)(H,26,29);4,10,12,16-18H,5-9,11H2,1-3H3,(H,24,28)/t16?,17?,19-;16?,17?,18-/m00/s1. The summed E-state index contributed by atoms with van der Waals surface area (Å²) in [7, 11) is 3.56. The van der Waals surface area contributed by atoms with Crippen LogP contribution in [0.15, 0.2) is 45.4 Å². The topological polar surface area (TPSA) is 188 Å². The van der Waals surface area contributed by atoms with Crippen molar-refractivity contribution in [3.05, 3.63) is 65.1 Å². The Kier molecular flexibility index (Phi) is 12.6. The van der Waals surface area contributed by atoms with Crippen molar-refractivity contribution in [2.45, 2.75) is 141 Å². The molecule has 4 fully saturated rings. The lowest BCUT2D eigenvalue weighted by molar-refractivity contribution is -0.122. The van der Waals surface area contributed by atoms with Gasteiger partial charge in [0.05, 0.1) is 52.0 Å². The van der Waals surface area contributed by atoms with E-state index >= 15 is 0 Å². The van der Waals surface area contributed by atoms with Gasteiger partial charge >= 0.3 is 0 Å². The van der Waals surface area contributed by atoms with Crippen LogP contribution in [0, 0.1) is 27.7 Å². The van der Waals surface area contributed by atoms with Crippen LogP contribution in [-0.4, -0.2) is 76.1 Å². The number of carbonyl (C=O) groups excluding carboxylic acids is 3. The summed E-state index contributed by atoms with van der Waals surface area (Å²) in [6, 6.07) is 12.5. The van der Waals surface area contributed by atoms with Gasteiger partial charge in [-0.15, -0.1) is 0 Å². The van der Waals surface area contributed by atoms with E-state index in [4.69, 9.17) is 23.5 Å². The summed E-state index contributed by atoms with van der Waals surface area (Å²) < 4.78 is 24.1. The number of nitrogens with one attached hydrogen (secondary N) is 4. The highest BCUT2D eigenvalue weighted by Crippen LogP contribution is 2.39. The Morgan fingerprint density at radius 1 is 0.721 bits per heavy atom. The molecule has 4 aliphatic rings. The van der Waals surface area contributed by atoms with Crippen molar-refractivity contribution in [3.8, 4) is 22.3 Å². The number of benzene rings is 2. The maximum Gasteiger partial charge on any atom is 0.247 e. The molecule has 2 atom stereocenters. The van der Waals surface area contributed by atoms with E-state index in [1.54, 1.807) is 14.2 Å². The molecule has 3 aromatic heterocycles. The Labute approximate surface area is 356 Å². The Balaban J connectivity index is 0.000000168. The normalized spacial score (nSPS) is 24.0. The number of nitrogens with zero attached hydrogens (tertiary/aromatic N) is 4. The SMILES string of the molecule is COC1CCC(Nc2ccc(-c3c(C)noc3C)cc2NC(=O)[C@@H]2CCC(=O)N2)CC1.COC1CCC(n2c([C@@H]3CCC(=O)N3)nc3cc(-c4c(C)noc4C)ccc32)CC1. The van der Waals surface area contributed by atoms with Crippen LogP contribution in [0.4, 0.5) is 11.4 Å². The summed E-state index contributed by atoms with van der Waals surface area (Å²) in [5, 5.41) is 20.6. The molecular weight excluding hydrogens is 777 g/mol. The fourth-order valence-corrected chi connectivity index (χ4v) is 9.66. The second kappa shape index (κ2) is 18.2. The number of aryl methyl sites for hydroxylation is 4. The summed E-state index contributed by atoms with van der Waals surface area (Å²) in [5.41, 5.74) is 9.28. The summed E-state index contributed by atoms with van der Waals surface area (Å²) >= 11 is 0. The molecule has 2 aliphatic carbocycles. The van der Waals surface area contributed by atoms with Crippen molar-refractivity contribution >= 4 is 40.1 Å². The first-order chi connectivity index (χ1) is 29.5. The summed E-state index contributed by atoms with van der Waals surface area (Å²) in [6.45, 7) is 7.68. The number of anilines is 2. The van der Waals surface area contributed by atoms with Crippen molar-refractivity contribution in [2.24, 2.45) is 0 Å². The number of carbonyl (C=O) groups is 3. The third-order valence-electron chi connectivity index (χ3n) is 13.0. The first-order valence-corrected chi connectivity index (χ1v) is 21.7. The second-order valence-electron chi connectivity index (χ2n) is 17.0. The number of amides is 3. The number of imidazole rings is 1. The first-order valence-electron chi connectivity index (χ1n) is 21.7. The average Bonchev–Trinajstić information content (AvgIpc) is 4.11. The minimum Gasteiger partial charge on any atom is -0.381 e. The van der Waals surface area contributed by atoms with Crippen LogP contribution in [-0.2, 0) is 23.9 Å². The molecular formula is C46H58N8O7. The molecule has 2 aromatic carbocycles. The third-order valence-corrected chi connectivity index (χ3v) is 13.0. The van der Waals surface area contributed by atoms with Crippen LogP contribution in [0.2, 0.25) is 0 Å². The summed E-state index contributed by atoms with van der Waals surface area (Å²) in [4.78, 5) is 41.3. The zero-order chi connectivity index (χ0) is 42.8. The predicted octanol–water partition coefficient (Wildman–Crippen LogP) is 7.93. The smallest absolute Gasteiger partial charge is 0.247 e. The highest BCUT2D eigenvalue weighted by molar-refractivity contribution is 6.01. The van der Waals surface area contributed by atoms with Gasteiger partial charge in [-0.3, -0.25) is 14.4 Å². The van der Waals surface area contributed by atoms with Crippen molar-refractivity contribution in [2.75, 3.05) is 24.9 Å². The Hall–Kier alpha value is -5.54. The fraction of sp³-hybridized carbons (Fsp3) is 0.522. The molecule has 0 bridgehead atoms. The number of rotatable bonds is 10. The minimum absolute atomic E-state index is 0.0208. The lowest BCUT2D eigenvalue weighted by Gasteiger charge is -2.30. The van der Waals surface area contributed by atoms with Crippen LogP contribution in [0.1, 0.15) is 118 Å². The van der Waals surface area contributed by atoms with Crippen LogP contribution in [0.5, 0.6) is 0 Å². The van der Waals surface area contributed by atoms with Crippen LogP contribution in [0.25, 0.3) is 33.3 Å². The van der Waals surface area contributed by atoms with Crippen LogP contribution >= 0.6 is 0 Å². The van der Waals surface area contributed by atoms with E-state index in [1.807, 2.05) is 45.9 Å². The molecule has 0 radical (unpaired) electrons. The van der Waals surface area contributed by atoms with Gasteiger partial charge < -0.3 is 44.4 Å². The average molecular weight is 835 g/mol. The van der Waals surface area contributed by atoms with Gasteiger partial charge in [0.15, 0.2) is 0 Å². The molecule has 2 saturated carbocycles. The largest absolute Gasteiger partial charge is 0.381 e. The monoisotopic (exact) mass is 834 g/mol.